The summed E-state index contributed by atoms with van der Waals surface area (Å²) in [4.78, 5) is 32.0. The zero-order valence-corrected chi connectivity index (χ0v) is 40.2. The maximum atomic E-state index is 13.3. The number of benzene rings is 3. The van der Waals surface area contributed by atoms with Crippen LogP contribution in [0.4, 0.5) is 16.3 Å². The highest BCUT2D eigenvalue weighted by molar-refractivity contribution is 7.86. The summed E-state index contributed by atoms with van der Waals surface area (Å²) in [7, 11) is -1.75. The molecule has 2 fully saturated rings. The Balaban J connectivity index is 0.880. The molecule has 2 saturated heterocycles. The lowest BCUT2D eigenvalue weighted by Gasteiger charge is -2.42. The number of aromatic nitrogens is 2. The first-order valence-corrected chi connectivity index (χ1v) is 24.6. The molecule has 1 aromatic heterocycles. The third kappa shape index (κ3) is 13.7. The van der Waals surface area contributed by atoms with Gasteiger partial charge in [0.15, 0.2) is 0 Å². The second-order valence-corrected chi connectivity index (χ2v) is 19.7. The third-order valence-electron chi connectivity index (χ3n) is 12.0. The molecule has 1 amide bonds. The van der Waals surface area contributed by atoms with Crippen molar-refractivity contribution in [3.63, 3.8) is 0 Å². The highest BCUT2D eigenvalue weighted by Gasteiger charge is 2.37. The summed E-state index contributed by atoms with van der Waals surface area (Å²) in [5, 5.41) is 12.2. The minimum absolute atomic E-state index is 0.0130. The Morgan fingerprint density at radius 1 is 0.821 bits per heavy atom. The van der Waals surface area contributed by atoms with Gasteiger partial charge in [-0.25, -0.2) is 4.79 Å². The maximum absolute atomic E-state index is 13.3. The van der Waals surface area contributed by atoms with Gasteiger partial charge in [-0.2, -0.15) is 23.6 Å². The lowest BCUT2D eigenvalue weighted by molar-refractivity contribution is -0.0174. The zero-order chi connectivity index (χ0) is 47.4. The summed E-state index contributed by atoms with van der Waals surface area (Å²) in [6, 6.07) is 23.6. The fourth-order valence-corrected chi connectivity index (χ4v) is 9.49. The van der Waals surface area contributed by atoms with Crippen molar-refractivity contribution in [2.45, 2.75) is 82.2 Å². The largest absolute Gasteiger partial charge is 0.462 e. The van der Waals surface area contributed by atoms with Gasteiger partial charge in [-0.1, -0.05) is 54.1 Å². The van der Waals surface area contributed by atoms with Crippen molar-refractivity contribution in [1.29, 1.82) is 5.26 Å². The summed E-state index contributed by atoms with van der Waals surface area (Å²) < 4.78 is 64.7. The highest BCUT2D eigenvalue weighted by Crippen LogP contribution is 2.35. The predicted octanol–water partition coefficient (Wildman–Crippen LogP) is 5.76. The fourth-order valence-electron chi connectivity index (χ4n) is 8.60. The monoisotopic (exact) mass is 943 g/mol. The molecule has 0 aliphatic carbocycles. The van der Waals surface area contributed by atoms with Crippen LogP contribution < -0.4 is 14.5 Å². The number of nitriles is 1. The van der Waals surface area contributed by atoms with Crippen LogP contribution in [0.3, 0.4) is 0 Å². The minimum Gasteiger partial charge on any atom is -0.462 e. The maximum Gasteiger partial charge on any atom is 0.410 e. The second-order valence-electron chi connectivity index (χ2n) is 18.1. The number of likely N-dealkylation sites (tertiary alicyclic amines) is 1. The van der Waals surface area contributed by atoms with Gasteiger partial charge in [0, 0.05) is 55.4 Å². The van der Waals surface area contributed by atoms with Crippen LogP contribution in [-0.4, -0.2) is 157 Å². The molecule has 3 aromatic carbocycles. The first-order chi connectivity index (χ1) is 32.3. The number of carbonyl (C=O) groups excluding carboxylic acids is 1. The number of ether oxygens (including phenoxy) is 6. The van der Waals surface area contributed by atoms with E-state index < -0.39 is 21.8 Å². The molecule has 4 heterocycles. The van der Waals surface area contributed by atoms with E-state index in [0.717, 1.165) is 54.3 Å². The first kappa shape index (κ1) is 49.8. The Hall–Kier alpha value is -5.13. The lowest BCUT2D eigenvalue weighted by atomic mass is 10.0. The molecule has 0 N–H and O–H groups in total. The van der Waals surface area contributed by atoms with Crippen LogP contribution in [0.25, 0.3) is 10.8 Å². The number of nitrogens with zero attached hydrogens (tertiary/aromatic N) is 7. The molecule has 67 heavy (non-hydrogen) atoms. The number of carbonyl (C=O) groups is 1. The van der Waals surface area contributed by atoms with Crippen molar-refractivity contribution in [2.24, 2.45) is 0 Å². The van der Waals surface area contributed by atoms with Crippen molar-refractivity contribution >= 4 is 38.5 Å². The van der Waals surface area contributed by atoms with Crippen molar-refractivity contribution in [2.75, 3.05) is 109 Å². The topological polar surface area (TPSA) is 178 Å². The van der Waals surface area contributed by atoms with Crippen molar-refractivity contribution in [3.05, 3.63) is 83.6 Å². The predicted molar refractivity (Wildman–Crippen MR) is 253 cm³/mol. The van der Waals surface area contributed by atoms with Crippen LogP contribution in [0.5, 0.6) is 6.01 Å². The molecule has 0 saturated carbocycles. The van der Waals surface area contributed by atoms with Gasteiger partial charge >= 0.3 is 12.1 Å². The van der Waals surface area contributed by atoms with E-state index in [1.807, 2.05) is 27.7 Å². The molecule has 7 rings (SSSR count). The number of amides is 1. The summed E-state index contributed by atoms with van der Waals surface area (Å²) >= 11 is 0. The number of hydrogen-bond acceptors (Lipinski definition) is 16. The molecular formula is C49H65N7O10S. The van der Waals surface area contributed by atoms with E-state index in [-0.39, 0.29) is 42.7 Å². The van der Waals surface area contributed by atoms with E-state index in [4.69, 9.17) is 42.6 Å². The van der Waals surface area contributed by atoms with Crippen molar-refractivity contribution < 1.29 is 45.8 Å². The van der Waals surface area contributed by atoms with E-state index in [1.165, 1.54) is 22.9 Å². The quantitative estimate of drug-likeness (QED) is 0.0727. The fraction of sp³-hybridized carbons (Fsp3) is 0.551. The smallest absolute Gasteiger partial charge is 0.410 e. The van der Waals surface area contributed by atoms with E-state index >= 15 is 0 Å². The van der Waals surface area contributed by atoms with Crippen LogP contribution in [0, 0.1) is 18.3 Å². The highest BCUT2D eigenvalue weighted by atomic mass is 32.2. The zero-order valence-electron chi connectivity index (χ0n) is 39.4. The summed E-state index contributed by atoms with van der Waals surface area (Å²) in [6.07, 6.45) is 1.27. The molecule has 0 bridgehead atoms. The number of rotatable bonds is 21. The Morgan fingerprint density at radius 3 is 2.25 bits per heavy atom. The van der Waals surface area contributed by atoms with Gasteiger partial charge in [0.05, 0.1) is 94.6 Å². The molecule has 0 radical (unpaired) electrons. The average Bonchev–Trinajstić information content (AvgIpc) is 3.67. The molecule has 3 aliphatic rings. The lowest BCUT2D eigenvalue weighted by Crippen LogP contribution is -2.56. The average molecular weight is 944 g/mol. The Bertz CT molecular complexity index is 2410. The van der Waals surface area contributed by atoms with Gasteiger partial charge in [0.1, 0.15) is 18.0 Å². The van der Waals surface area contributed by atoms with Crippen molar-refractivity contribution in [3.8, 4) is 12.1 Å². The van der Waals surface area contributed by atoms with Crippen LogP contribution in [0.1, 0.15) is 50.4 Å². The van der Waals surface area contributed by atoms with Crippen LogP contribution in [-0.2, 0) is 51.0 Å². The molecule has 3 atom stereocenters. The molecule has 0 spiro atoms. The van der Waals surface area contributed by atoms with Gasteiger partial charge in [-0.3, -0.25) is 9.08 Å². The second kappa shape index (κ2) is 23.3. The van der Waals surface area contributed by atoms with Crippen LogP contribution in [0.15, 0.2) is 71.6 Å². The van der Waals surface area contributed by atoms with E-state index in [9.17, 15) is 18.5 Å². The van der Waals surface area contributed by atoms with Crippen LogP contribution in [0.2, 0.25) is 0 Å². The number of hydrogen-bond donors (Lipinski definition) is 0. The van der Waals surface area contributed by atoms with Gasteiger partial charge in [0.25, 0.3) is 10.1 Å². The number of fused-ring (bicyclic) bond motifs is 2. The van der Waals surface area contributed by atoms with Gasteiger partial charge in [0.2, 0.25) is 0 Å². The minimum atomic E-state index is -3.81. The Morgan fingerprint density at radius 2 is 1.52 bits per heavy atom. The first-order valence-electron chi connectivity index (χ1n) is 23.2. The Labute approximate surface area is 394 Å². The molecule has 17 nitrogen and oxygen atoms in total. The standard InChI is InChI=1S/C49H65N7O10S/c1-36-13-15-41(16-14-36)67(58,59)65-30-28-62-26-24-60-23-25-61-27-29-63-40-31-39(53(5)33-40)35-64-47-51-44-34-54(45-12-8-10-37-9-6-7-11-42(37)45)20-18-43(44)46(52-47)55-21-22-56(38(32-55)17-19-50)48(57)66-49(2,3)4/h6-16,38-40H,17-18,20-35H2,1-5H3. The third-order valence-corrected chi connectivity index (χ3v) is 13.3. The van der Waals surface area contributed by atoms with E-state index in [2.05, 4.69) is 70.3 Å². The van der Waals surface area contributed by atoms with E-state index in [1.54, 1.807) is 17.0 Å². The molecule has 18 heteroatoms. The summed E-state index contributed by atoms with van der Waals surface area (Å²) in [5.74, 6) is 0.791. The van der Waals surface area contributed by atoms with Crippen molar-refractivity contribution in [1.82, 2.24) is 19.8 Å². The normalized spacial score (nSPS) is 19.1. The van der Waals surface area contributed by atoms with Gasteiger partial charge in [-0.15, -0.1) is 0 Å². The number of anilines is 2. The molecule has 4 aromatic rings. The number of aryl methyl sites for hydroxylation is 1. The molecule has 3 aliphatic heterocycles. The molecular weight excluding hydrogens is 879 g/mol. The molecule has 362 valence electrons. The summed E-state index contributed by atoms with van der Waals surface area (Å²) in [6.45, 7) is 13.6. The Kier molecular flexibility index (Phi) is 17.3. The van der Waals surface area contributed by atoms with E-state index in [0.29, 0.717) is 78.4 Å². The number of piperazine rings is 1. The van der Waals surface area contributed by atoms with Gasteiger partial charge < -0.3 is 43.1 Å². The summed E-state index contributed by atoms with van der Waals surface area (Å²) in [5.41, 5.74) is 3.43. The number of likely N-dealkylation sites (N-methyl/N-ethyl adjacent to an activating group) is 1. The molecule has 3 unspecified atom stereocenters. The van der Waals surface area contributed by atoms with Gasteiger partial charge in [-0.05, 0) is 71.2 Å². The van der Waals surface area contributed by atoms with Crippen LogP contribution >= 0.6 is 0 Å². The SMILES string of the molecule is Cc1ccc(S(=O)(=O)OCCOCCOCCOCCOC2CC(COc3nc4c(c(N5CCN(C(=O)OC(C)(C)C)C(CC#N)C5)n3)CCN(c3cccc5ccccc35)C4)N(C)C2)cc1.